The van der Waals surface area contributed by atoms with Gasteiger partial charge in [-0.2, -0.15) is 0 Å². The average Bonchev–Trinajstić information content (AvgIpc) is 2.29. The average molecular weight is 282 g/mol. The molecule has 0 amide bonds. The smallest absolute Gasteiger partial charge is 0.354 e. The zero-order valence-corrected chi connectivity index (χ0v) is 11.1. The Morgan fingerprint density at radius 2 is 2.00 bits per heavy atom. The molecular formula is C13H12ClNO4. The van der Waals surface area contributed by atoms with Crippen molar-refractivity contribution in [3.8, 4) is 11.5 Å². The fourth-order valence-corrected chi connectivity index (χ4v) is 1.97. The van der Waals surface area contributed by atoms with Crippen LogP contribution in [0.4, 0.5) is 0 Å². The lowest BCUT2D eigenvalue weighted by Crippen LogP contribution is -2.05. The summed E-state index contributed by atoms with van der Waals surface area (Å²) in [5.41, 5.74) is -0.217. The number of pyridine rings is 1. The van der Waals surface area contributed by atoms with Crippen molar-refractivity contribution >= 4 is 28.3 Å². The second-order valence-corrected chi connectivity index (χ2v) is 4.67. The van der Waals surface area contributed by atoms with Crippen molar-refractivity contribution < 1.29 is 19.7 Å². The molecule has 0 aliphatic rings. The Labute approximate surface area is 114 Å². The lowest BCUT2D eigenvalue weighted by Gasteiger charge is -2.12. The van der Waals surface area contributed by atoms with E-state index in [4.69, 9.17) is 21.4 Å². The van der Waals surface area contributed by atoms with Gasteiger partial charge in [-0.25, -0.2) is 9.78 Å². The molecule has 1 aromatic heterocycles. The highest BCUT2D eigenvalue weighted by atomic mass is 35.5. The van der Waals surface area contributed by atoms with Crippen molar-refractivity contribution in [2.24, 2.45) is 0 Å². The first-order valence-electron chi connectivity index (χ1n) is 5.61. The summed E-state index contributed by atoms with van der Waals surface area (Å²) in [6.07, 6.45) is -0.0538. The van der Waals surface area contributed by atoms with Gasteiger partial charge in [-0.3, -0.25) is 0 Å². The number of rotatable bonds is 3. The molecule has 19 heavy (non-hydrogen) atoms. The number of ether oxygens (including phenoxy) is 1. The second kappa shape index (κ2) is 4.93. The molecule has 1 aromatic carbocycles. The van der Waals surface area contributed by atoms with Crippen LogP contribution in [-0.4, -0.2) is 27.3 Å². The van der Waals surface area contributed by atoms with Crippen molar-refractivity contribution in [1.29, 1.82) is 0 Å². The zero-order valence-electron chi connectivity index (χ0n) is 10.3. The third kappa shape index (κ3) is 2.71. The highest BCUT2D eigenvalue weighted by Gasteiger charge is 2.14. The maximum Gasteiger partial charge on any atom is 0.354 e. The summed E-state index contributed by atoms with van der Waals surface area (Å²) in [5.74, 6) is -0.850. The van der Waals surface area contributed by atoms with Crippen molar-refractivity contribution in [1.82, 2.24) is 4.98 Å². The van der Waals surface area contributed by atoms with Crippen LogP contribution in [-0.2, 0) is 0 Å². The van der Waals surface area contributed by atoms with E-state index in [0.717, 1.165) is 0 Å². The van der Waals surface area contributed by atoms with Gasteiger partial charge in [0.05, 0.1) is 6.10 Å². The maximum absolute atomic E-state index is 10.9. The molecule has 1 heterocycles. The molecule has 100 valence electrons. The number of hydrogen-bond acceptors (Lipinski definition) is 4. The molecule has 0 spiro atoms. The van der Waals surface area contributed by atoms with Crippen LogP contribution in [0.5, 0.6) is 11.5 Å². The van der Waals surface area contributed by atoms with E-state index in [0.29, 0.717) is 16.5 Å². The van der Waals surface area contributed by atoms with Crippen molar-refractivity contribution in [3.05, 3.63) is 29.0 Å². The second-order valence-electron chi connectivity index (χ2n) is 4.31. The number of aromatic carboxylic acids is 1. The van der Waals surface area contributed by atoms with Crippen LogP contribution in [0.1, 0.15) is 24.3 Å². The van der Waals surface area contributed by atoms with Crippen LogP contribution < -0.4 is 4.74 Å². The Morgan fingerprint density at radius 1 is 1.32 bits per heavy atom. The number of carboxylic acid groups (broad SMARTS) is 1. The predicted molar refractivity (Wildman–Crippen MR) is 71.1 cm³/mol. The minimum Gasteiger partial charge on any atom is -0.507 e. The fourth-order valence-electron chi connectivity index (χ4n) is 1.72. The SMILES string of the molecule is CC(C)Oc1cc(O)c2cc(C(=O)O)nc(Cl)c2c1. The van der Waals surface area contributed by atoms with Gasteiger partial charge in [0.1, 0.15) is 16.7 Å². The first kappa shape index (κ1) is 13.4. The number of phenolic OH excluding ortho intramolecular Hbond substituents is 1. The molecule has 0 unspecified atom stereocenters. The van der Waals surface area contributed by atoms with Crippen LogP contribution in [0.15, 0.2) is 18.2 Å². The van der Waals surface area contributed by atoms with Crippen molar-refractivity contribution in [3.63, 3.8) is 0 Å². The Balaban J connectivity index is 2.66. The van der Waals surface area contributed by atoms with Gasteiger partial charge in [0, 0.05) is 16.8 Å². The summed E-state index contributed by atoms with van der Waals surface area (Å²) >= 11 is 5.95. The van der Waals surface area contributed by atoms with Gasteiger partial charge >= 0.3 is 5.97 Å². The Hall–Kier alpha value is -2.01. The molecular weight excluding hydrogens is 270 g/mol. The number of carboxylic acids is 1. The summed E-state index contributed by atoms with van der Waals surface area (Å²) < 4.78 is 5.47. The Morgan fingerprint density at radius 3 is 2.58 bits per heavy atom. The molecule has 0 atom stereocenters. The first-order chi connectivity index (χ1) is 8.88. The number of aromatic hydroxyl groups is 1. The van der Waals surface area contributed by atoms with Crippen LogP contribution >= 0.6 is 11.6 Å². The van der Waals surface area contributed by atoms with E-state index in [9.17, 15) is 9.90 Å². The number of benzene rings is 1. The molecule has 2 aromatic rings. The monoisotopic (exact) mass is 281 g/mol. The van der Waals surface area contributed by atoms with Gasteiger partial charge in [0.15, 0.2) is 5.69 Å². The molecule has 0 fully saturated rings. The number of halogens is 1. The van der Waals surface area contributed by atoms with Gasteiger partial charge < -0.3 is 14.9 Å². The van der Waals surface area contributed by atoms with Crippen molar-refractivity contribution in [2.75, 3.05) is 0 Å². The predicted octanol–water partition coefficient (Wildman–Crippen LogP) is 3.08. The van der Waals surface area contributed by atoms with Crippen LogP contribution in [0, 0.1) is 0 Å². The lowest BCUT2D eigenvalue weighted by atomic mass is 10.1. The third-order valence-corrected chi connectivity index (χ3v) is 2.73. The number of nitrogens with zero attached hydrogens (tertiary/aromatic N) is 1. The normalized spacial score (nSPS) is 10.9. The fraction of sp³-hybridized carbons (Fsp3) is 0.231. The molecule has 0 bridgehead atoms. The highest BCUT2D eigenvalue weighted by Crippen LogP contribution is 2.34. The third-order valence-electron chi connectivity index (χ3n) is 2.44. The molecule has 0 radical (unpaired) electrons. The zero-order chi connectivity index (χ0) is 14.2. The van der Waals surface area contributed by atoms with Gasteiger partial charge in [-0.1, -0.05) is 11.6 Å². The number of fused-ring (bicyclic) bond motifs is 1. The minimum absolute atomic E-state index is 0.0133. The number of aromatic nitrogens is 1. The van der Waals surface area contributed by atoms with E-state index < -0.39 is 5.97 Å². The summed E-state index contributed by atoms with van der Waals surface area (Å²) in [4.78, 5) is 14.7. The van der Waals surface area contributed by atoms with Gasteiger partial charge in [0.25, 0.3) is 0 Å². The Bertz CT molecular complexity index is 655. The maximum atomic E-state index is 10.9. The molecule has 2 rings (SSSR count). The summed E-state index contributed by atoms with van der Waals surface area (Å²) in [7, 11) is 0. The summed E-state index contributed by atoms with van der Waals surface area (Å²) in [6.45, 7) is 3.71. The minimum atomic E-state index is -1.20. The molecule has 0 aliphatic carbocycles. The van der Waals surface area contributed by atoms with E-state index in [1.807, 2.05) is 13.8 Å². The molecule has 6 heteroatoms. The highest BCUT2D eigenvalue weighted by molar-refractivity contribution is 6.34. The number of carbonyl (C=O) groups is 1. The van der Waals surface area contributed by atoms with E-state index in [1.54, 1.807) is 6.07 Å². The van der Waals surface area contributed by atoms with E-state index in [-0.39, 0.29) is 22.7 Å². The van der Waals surface area contributed by atoms with E-state index >= 15 is 0 Å². The van der Waals surface area contributed by atoms with E-state index in [2.05, 4.69) is 4.98 Å². The number of phenols is 1. The topological polar surface area (TPSA) is 79.7 Å². The molecule has 0 aliphatic heterocycles. The van der Waals surface area contributed by atoms with Crippen LogP contribution in [0.2, 0.25) is 5.15 Å². The standard InChI is InChI=1S/C13H12ClNO4/c1-6(2)19-7-3-9-8(11(16)4-7)5-10(13(17)18)15-12(9)14/h3-6,16H,1-2H3,(H,17,18). The number of hydrogen-bond donors (Lipinski definition) is 2. The van der Waals surface area contributed by atoms with Gasteiger partial charge in [-0.15, -0.1) is 0 Å². The summed E-state index contributed by atoms with van der Waals surface area (Å²) in [5, 5.41) is 19.6. The quantitative estimate of drug-likeness (QED) is 0.845. The van der Waals surface area contributed by atoms with Gasteiger partial charge in [-0.05, 0) is 26.0 Å². The molecule has 5 nitrogen and oxygen atoms in total. The van der Waals surface area contributed by atoms with Crippen molar-refractivity contribution in [2.45, 2.75) is 20.0 Å². The largest absolute Gasteiger partial charge is 0.507 e. The van der Waals surface area contributed by atoms with Crippen LogP contribution in [0.3, 0.4) is 0 Å². The van der Waals surface area contributed by atoms with E-state index in [1.165, 1.54) is 12.1 Å². The van der Waals surface area contributed by atoms with Crippen LogP contribution in [0.25, 0.3) is 10.8 Å². The molecule has 0 saturated heterocycles. The summed E-state index contributed by atoms with van der Waals surface area (Å²) in [6, 6.07) is 4.32. The molecule has 2 N–H and O–H groups in total. The molecule has 0 saturated carbocycles. The lowest BCUT2D eigenvalue weighted by molar-refractivity contribution is 0.0690. The van der Waals surface area contributed by atoms with Gasteiger partial charge in [0.2, 0.25) is 0 Å². The first-order valence-corrected chi connectivity index (χ1v) is 5.99. The Kier molecular flexibility index (Phi) is 3.48.